The molecule has 1 unspecified atom stereocenters. The second-order valence-corrected chi connectivity index (χ2v) is 7.83. The minimum absolute atomic E-state index is 0.492. The number of hydrogen-bond acceptors (Lipinski definition) is 5. The van der Waals surface area contributed by atoms with Crippen LogP contribution in [0.25, 0.3) is 0 Å². The van der Waals surface area contributed by atoms with E-state index in [2.05, 4.69) is 60.3 Å². The molecule has 0 aliphatic rings. The van der Waals surface area contributed by atoms with Gasteiger partial charge in [0.2, 0.25) is 0 Å². The van der Waals surface area contributed by atoms with E-state index in [0.29, 0.717) is 21.7 Å². The molecule has 102 valence electrons. The highest BCUT2D eigenvalue weighted by Gasteiger charge is 2.10. The Morgan fingerprint density at radius 1 is 1.18 bits per heavy atom. The lowest BCUT2D eigenvalue weighted by Crippen LogP contribution is -2.29. The van der Waals surface area contributed by atoms with Crippen molar-refractivity contribution < 1.29 is 21.7 Å². The van der Waals surface area contributed by atoms with E-state index in [0.717, 1.165) is 0 Å². The summed E-state index contributed by atoms with van der Waals surface area (Å²) in [5.41, 5.74) is 0. The van der Waals surface area contributed by atoms with Gasteiger partial charge < -0.3 is 10.6 Å². The third kappa shape index (κ3) is 19.0. The van der Waals surface area contributed by atoms with Crippen LogP contribution in [0.3, 0.4) is 0 Å². The first-order valence-corrected chi connectivity index (χ1v) is 8.37. The van der Waals surface area contributed by atoms with Gasteiger partial charge in [0.05, 0.1) is 0 Å². The lowest BCUT2D eigenvalue weighted by molar-refractivity contribution is 0.488. The van der Waals surface area contributed by atoms with Crippen molar-refractivity contribution >= 4 is 77.6 Å². The van der Waals surface area contributed by atoms with Gasteiger partial charge in [-0.1, -0.05) is 24.4 Å². The van der Waals surface area contributed by atoms with Crippen LogP contribution in [0.5, 0.6) is 0 Å². The van der Waals surface area contributed by atoms with E-state index in [1.54, 1.807) is 0 Å². The van der Waals surface area contributed by atoms with Crippen molar-refractivity contribution in [2.45, 2.75) is 0 Å². The third-order valence-electron chi connectivity index (χ3n) is 0.858. The Bertz CT molecular complexity index is 364. The van der Waals surface area contributed by atoms with Crippen molar-refractivity contribution in [3.63, 3.8) is 0 Å². The first kappa shape index (κ1) is 19.8. The lowest BCUT2D eigenvalue weighted by atomic mass is 10.6. The van der Waals surface area contributed by atoms with Gasteiger partial charge in [0.1, 0.15) is 8.64 Å². The van der Waals surface area contributed by atoms with Gasteiger partial charge in [0.15, 0.2) is 0 Å². The van der Waals surface area contributed by atoms with Crippen molar-refractivity contribution in [1.82, 2.24) is 10.6 Å². The number of thiol groups is 2. The van der Waals surface area contributed by atoms with Gasteiger partial charge in [-0.3, -0.25) is 9.11 Å². The van der Waals surface area contributed by atoms with E-state index in [9.17, 15) is 12.6 Å². The van der Waals surface area contributed by atoms with Gasteiger partial charge in [-0.25, -0.2) is 4.21 Å². The molecule has 0 aliphatic heterocycles. The summed E-state index contributed by atoms with van der Waals surface area (Å²) in [4.78, 5) is 0. The summed E-state index contributed by atoms with van der Waals surface area (Å²) in [5.74, 6) is 0. The predicted octanol–water partition coefficient (Wildman–Crippen LogP) is -0.394. The summed E-state index contributed by atoms with van der Waals surface area (Å²) in [7, 11) is -7.87. The first-order chi connectivity index (χ1) is 7.57. The molecule has 0 fully saturated rings. The summed E-state index contributed by atoms with van der Waals surface area (Å²) >= 11 is 17.0. The number of rotatable bonds is 4. The maximum absolute atomic E-state index is 9.34. The van der Waals surface area contributed by atoms with E-state index in [1.165, 1.54) is 0 Å². The maximum Gasteiger partial charge on any atom is 0.373 e. The van der Waals surface area contributed by atoms with Crippen LogP contribution >= 0.6 is 49.7 Å². The van der Waals surface area contributed by atoms with Crippen molar-refractivity contribution in [3.8, 4) is 0 Å². The molecule has 0 amide bonds. The molecule has 0 spiro atoms. The maximum atomic E-state index is 9.34. The Hall–Kier alpha value is 0.500. The third-order valence-corrected chi connectivity index (χ3v) is 2.90. The molecule has 0 rings (SSSR count). The summed E-state index contributed by atoms with van der Waals surface area (Å²) in [5, 5.41) is 5.68. The average molecular weight is 359 g/mol. The Balaban J connectivity index is 0. The zero-order valence-electron chi connectivity index (χ0n) is 8.06. The Morgan fingerprint density at radius 3 is 1.53 bits per heavy atom. The molecule has 4 N–H and O–H groups in total. The normalized spacial score (nSPS) is 11.8. The minimum atomic E-state index is -4.71. The van der Waals surface area contributed by atoms with Crippen molar-refractivity contribution in [2.75, 3.05) is 13.1 Å². The van der Waals surface area contributed by atoms with E-state index in [-0.39, 0.29) is 0 Å². The quantitative estimate of drug-likeness (QED) is 0.0997. The Morgan fingerprint density at radius 2 is 1.41 bits per heavy atom. The fraction of sp³-hybridized carbons (Fsp3) is 0.500. The van der Waals surface area contributed by atoms with E-state index >= 15 is 0 Å². The SMILES string of the molecule is O=S(O)S(=O)(=O)O.S=C(S)NCCNC(=S)S. The summed E-state index contributed by atoms with van der Waals surface area (Å²) in [6.45, 7) is 1.42. The van der Waals surface area contributed by atoms with Crippen LogP contribution in [0, 0.1) is 0 Å². The molecule has 0 heterocycles. The molecule has 0 aromatic rings. The van der Waals surface area contributed by atoms with Crippen molar-refractivity contribution in [1.29, 1.82) is 0 Å². The van der Waals surface area contributed by atoms with Crippen LogP contribution in [0.4, 0.5) is 0 Å². The fourth-order valence-electron chi connectivity index (χ4n) is 0.339. The van der Waals surface area contributed by atoms with Gasteiger partial charge in [-0.2, -0.15) is 8.42 Å². The smallest absolute Gasteiger partial charge is 0.369 e. The lowest BCUT2D eigenvalue weighted by Gasteiger charge is -2.03. The van der Waals surface area contributed by atoms with Crippen molar-refractivity contribution in [3.05, 3.63) is 0 Å². The topological polar surface area (TPSA) is 116 Å². The van der Waals surface area contributed by atoms with E-state index < -0.39 is 19.3 Å². The number of nitrogens with one attached hydrogen (secondary N) is 2. The Labute approximate surface area is 122 Å². The molecule has 0 radical (unpaired) electrons. The van der Waals surface area contributed by atoms with Gasteiger partial charge in [-0.05, 0) is 0 Å². The van der Waals surface area contributed by atoms with E-state index in [4.69, 9.17) is 9.11 Å². The molecular formula is C4H10N2O5S6. The van der Waals surface area contributed by atoms with Crippen LogP contribution in [0.15, 0.2) is 0 Å². The Kier molecular flexibility index (Phi) is 12.2. The van der Waals surface area contributed by atoms with Gasteiger partial charge in [0.25, 0.3) is 0 Å². The second-order valence-electron chi connectivity index (χ2n) is 2.11. The molecule has 0 aliphatic carbocycles. The molecule has 13 heteroatoms. The van der Waals surface area contributed by atoms with Gasteiger partial charge in [0, 0.05) is 13.1 Å². The van der Waals surface area contributed by atoms with Gasteiger partial charge in [-0.15, -0.1) is 25.3 Å². The van der Waals surface area contributed by atoms with Crippen LogP contribution in [0.1, 0.15) is 0 Å². The first-order valence-electron chi connectivity index (χ1n) is 3.59. The molecule has 1 atom stereocenters. The molecule has 0 saturated carbocycles. The minimum Gasteiger partial charge on any atom is -0.369 e. The standard InChI is InChI=1S/C4H8N2S4.H2O5S2/c7-3(8)5-1-2-6-4(9)10;1-6(2)7(3,4)5/h1-2H2,(H2,5,7,8)(H2,6,9,10);(H,1,2)(H,3,4,5). The van der Waals surface area contributed by atoms with E-state index in [1.807, 2.05) is 0 Å². The zero-order chi connectivity index (χ0) is 14.1. The van der Waals surface area contributed by atoms with Crippen molar-refractivity contribution in [2.24, 2.45) is 0 Å². The highest BCUT2D eigenvalue weighted by molar-refractivity contribution is 8.59. The summed E-state index contributed by atoms with van der Waals surface area (Å²) in [6, 6.07) is 0. The predicted molar refractivity (Wildman–Crippen MR) is 81.5 cm³/mol. The highest BCUT2D eigenvalue weighted by atomic mass is 33.2. The molecule has 7 nitrogen and oxygen atoms in total. The van der Waals surface area contributed by atoms with Crippen LogP contribution in [0.2, 0.25) is 0 Å². The van der Waals surface area contributed by atoms with Crippen LogP contribution in [-0.2, 0) is 19.3 Å². The molecule has 0 bridgehead atoms. The molecule has 17 heavy (non-hydrogen) atoms. The average Bonchev–Trinajstić information content (AvgIpc) is 2.11. The molecule has 0 saturated heterocycles. The largest absolute Gasteiger partial charge is 0.373 e. The summed E-state index contributed by atoms with van der Waals surface area (Å²) in [6.07, 6.45) is 0. The number of hydrogen-bond donors (Lipinski definition) is 6. The molecule has 0 aromatic heterocycles. The van der Waals surface area contributed by atoms with Gasteiger partial charge >= 0.3 is 19.3 Å². The van der Waals surface area contributed by atoms with Crippen LogP contribution < -0.4 is 10.6 Å². The monoisotopic (exact) mass is 358 g/mol. The van der Waals surface area contributed by atoms with Crippen LogP contribution in [-0.4, -0.2) is 43.5 Å². The number of thiocarbonyl (C=S) groups is 2. The summed E-state index contributed by atoms with van der Waals surface area (Å²) < 4.78 is 44.0. The second kappa shape index (κ2) is 10.4. The molecule has 0 aromatic carbocycles. The highest BCUT2D eigenvalue weighted by Crippen LogP contribution is 1.83. The fourth-order valence-corrected chi connectivity index (χ4v) is 0.767. The molecular weight excluding hydrogens is 348 g/mol. The zero-order valence-corrected chi connectivity index (χ0v) is 13.1.